The number of carbonyl (C=O) groups excluding carboxylic acids is 1. The molecule has 0 bridgehead atoms. The Hall–Kier alpha value is -1.97. The molecule has 1 aromatic carbocycles. The zero-order valence-corrected chi connectivity index (χ0v) is 8.64. The molecule has 0 aliphatic heterocycles. The predicted molar refractivity (Wildman–Crippen MR) is 59.5 cm³/mol. The predicted octanol–water partition coefficient (Wildman–Crippen LogP) is 1.95. The molecule has 0 heterocycles. The van der Waals surface area contributed by atoms with Crippen LogP contribution in [0.4, 0.5) is 10.5 Å². The van der Waals surface area contributed by atoms with Gasteiger partial charge < -0.3 is 4.74 Å². The normalized spacial score (nSPS) is 9.13. The molecule has 1 N–H and O–H groups in total. The summed E-state index contributed by atoms with van der Waals surface area (Å²) in [6.45, 7) is 3.65. The van der Waals surface area contributed by atoms with Gasteiger partial charge >= 0.3 is 6.09 Å². The van der Waals surface area contributed by atoms with Gasteiger partial charge in [0.15, 0.2) is 0 Å². The van der Waals surface area contributed by atoms with Crippen LogP contribution in [0.5, 0.6) is 0 Å². The van der Waals surface area contributed by atoms with E-state index < -0.39 is 6.09 Å². The zero-order chi connectivity index (χ0) is 11.1. The monoisotopic (exact) mass is 206 g/mol. The van der Waals surface area contributed by atoms with Crippen molar-refractivity contribution >= 4 is 11.8 Å². The Morgan fingerprint density at radius 2 is 2.20 bits per heavy atom. The number of para-hydroxylation sites is 1. The zero-order valence-electron chi connectivity index (χ0n) is 8.64. The van der Waals surface area contributed by atoms with Crippen molar-refractivity contribution in [1.29, 1.82) is 0 Å². The number of benzene rings is 1. The molecular formula is C11H14N2O2. The van der Waals surface area contributed by atoms with Gasteiger partial charge in [0, 0.05) is 7.05 Å². The number of hydrogen-bond donors (Lipinski definition) is 1. The minimum atomic E-state index is -0.499. The topological polar surface area (TPSA) is 41.6 Å². The number of rotatable bonds is 4. The maximum absolute atomic E-state index is 11.2. The van der Waals surface area contributed by atoms with Gasteiger partial charge in [-0.3, -0.25) is 5.01 Å². The van der Waals surface area contributed by atoms with Crippen LogP contribution in [0.2, 0.25) is 0 Å². The summed E-state index contributed by atoms with van der Waals surface area (Å²) in [4.78, 5) is 11.2. The number of hydrazine groups is 1. The second-order valence-corrected chi connectivity index (χ2v) is 2.89. The number of ether oxygens (including phenoxy) is 1. The van der Waals surface area contributed by atoms with E-state index in [0.717, 1.165) is 5.69 Å². The highest BCUT2D eigenvalue weighted by Crippen LogP contribution is 2.08. The fourth-order valence-electron chi connectivity index (χ4n) is 1.02. The number of nitrogens with zero attached hydrogens (tertiary/aromatic N) is 1. The van der Waals surface area contributed by atoms with E-state index in [1.54, 1.807) is 12.1 Å². The van der Waals surface area contributed by atoms with E-state index in [1.807, 2.05) is 30.3 Å². The molecule has 15 heavy (non-hydrogen) atoms. The third-order valence-electron chi connectivity index (χ3n) is 1.73. The molecular weight excluding hydrogens is 192 g/mol. The van der Waals surface area contributed by atoms with Crippen molar-refractivity contribution in [2.75, 3.05) is 18.7 Å². The molecule has 4 nitrogen and oxygen atoms in total. The van der Waals surface area contributed by atoms with Gasteiger partial charge in [-0.15, -0.1) is 0 Å². The standard InChI is InChI=1S/C11H14N2O2/c1-3-9-15-11(14)12-13(2)10-7-5-4-6-8-10/h3-8H,1,9H2,2H3,(H,12,14). The van der Waals surface area contributed by atoms with Crippen LogP contribution >= 0.6 is 0 Å². The van der Waals surface area contributed by atoms with Gasteiger partial charge in [0.05, 0.1) is 5.69 Å². The molecule has 4 heteroatoms. The molecule has 0 aliphatic carbocycles. The Morgan fingerprint density at radius 1 is 1.53 bits per heavy atom. The summed E-state index contributed by atoms with van der Waals surface area (Å²) >= 11 is 0. The van der Waals surface area contributed by atoms with E-state index in [9.17, 15) is 4.79 Å². The fourth-order valence-corrected chi connectivity index (χ4v) is 1.02. The van der Waals surface area contributed by atoms with Crippen LogP contribution in [-0.4, -0.2) is 19.7 Å². The Kier molecular flexibility index (Phi) is 4.22. The van der Waals surface area contributed by atoms with Gasteiger partial charge in [-0.1, -0.05) is 30.9 Å². The van der Waals surface area contributed by atoms with Crippen molar-refractivity contribution in [3.8, 4) is 0 Å². The van der Waals surface area contributed by atoms with E-state index in [1.165, 1.54) is 6.08 Å². The van der Waals surface area contributed by atoms with Gasteiger partial charge in [-0.25, -0.2) is 10.2 Å². The average molecular weight is 206 g/mol. The van der Waals surface area contributed by atoms with Crippen LogP contribution in [0.25, 0.3) is 0 Å². The minimum absolute atomic E-state index is 0.203. The van der Waals surface area contributed by atoms with E-state index >= 15 is 0 Å². The number of carbonyl (C=O) groups is 1. The number of amides is 1. The Balaban J connectivity index is 2.45. The first-order chi connectivity index (χ1) is 7.24. The molecule has 1 aromatic rings. The van der Waals surface area contributed by atoms with Crippen molar-refractivity contribution in [3.63, 3.8) is 0 Å². The lowest BCUT2D eigenvalue weighted by atomic mass is 10.3. The van der Waals surface area contributed by atoms with Gasteiger partial charge in [0.2, 0.25) is 0 Å². The smallest absolute Gasteiger partial charge is 0.426 e. The number of hydrogen-bond acceptors (Lipinski definition) is 3. The van der Waals surface area contributed by atoms with Crippen LogP contribution in [0.1, 0.15) is 0 Å². The van der Waals surface area contributed by atoms with Gasteiger partial charge in [-0.05, 0) is 12.1 Å². The second-order valence-electron chi connectivity index (χ2n) is 2.89. The van der Waals surface area contributed by atoms with Crippen LogP contribution in [0.15, 0.2) is 43.0 Å². The molecule has 0 atom stereocenters. The van der Waals surface area contributed by atoms with Crippen LogP contribution in [0.3, 0.4) is 0 Å². The quantitative estimate of drug-likeness (QED) is 0.604. The summed E-state index contributed by atoms with van der Waals surface area (Å²) in [5, 5.41) is 1.59. The maximum atomic E-state index is 11.2. The molecule has 0 saturated carbocycles. The van der Waals surface area contributed by atoms with E-state index in [2.05, 4.69) is 12.0 Å². The Bertz CT molecular complexity index is 325. The molecule has 0 aliphatic rings. The third-order valence-corrected chi connectivity index (χ3v) is 1.73. The van der Waals surface area contributed by atoms with Crippen LogP contribution < -0.4 is 10.4 Å². The second kappa shape index (κ2) is 5.70. The highest BCUT2D eigenvalue weighted by Gasteiger charge is 2.04. The minimum Gasteiger partial charge on any atom is -0.444 e. The highest BCUT2D eigenvalue weighted by molar-refractivity contribution is 5.70. The molecule has 0 radical (unpaired) electrons. The first-order valence-electron chi connectivity index (χ1n) is 4.57. The van der Waals surface area contributed by atoms with E-state index in [0.29, 0.717) is 0 Å². The lowest BCUT2D eigenvalue weighted by molar-refractivity contribution is 0.158. The molecule has 0 saturated heterocycles. The van der Waals surface area contributed by atoms with E-state index in [-0.39, 0.29) is 6.61 Å². The largest absolute Gasteiger partial charge is 0.444 e. The summed E-state index contributed by atoms with van der Waals surface area (Å²) in [5.74, 6) is 0. The summed E-state index contributed by atoms with van der Waals surface area (Å²) < 4.78 is 4.77. The third kappa shape index (κ3) is 3.72. The van der Waals surface area contributed by atoms with Crippen LogP contribution in [-0.2, 0) is 4.74 Å². The Labute approximate surface area is 89.1 Å². The Morgan fingerprint density at radius 3 is 2.80 bits per heavy atom. The fraction of sp³-hybridized carbons (Fsp3) is 0.182. The van der Waals surface area contributed by atoms with Crippen molar-refractivity contribution in [2.45, 2.75) is 0 Å². The van der Waals surface area contributed by atoms with Crippen molar-refractivity contribution in [3.05, 3.63) is 43.0 Å². The molecule has 0 spiro atoms. The molecule has 80 valence electrons. The molecule has 0 unspecified atom stereocenters. The average Bonchev–Trinajstić information content (AvgIpc) is 2.27. The number of nitrogens with one attached hydrogen (secondary N) is 1. The SMILES string of the molecule is C=CCOC(=O)NN(C)c1ccccc1. The summed E-state index contributed by atoms with van der Waals surface area (Å²) in [7, 11) is 1.74. The van der Waals surface area contributed by atoms with Gasteiger partial charge in [0.1, 0.15) is 6.61 Å². The molecule has 0 aromatic heterocycles. The highest BCUT2D eigenvalue weighted by atomic mass is 16.6. The van der Waals surface area contributed by atoms with Crippen molar-refractivity contribution < 1.29 is 9.53 Å². The van der Waals surface area contributed by atoms with Crippen LogP contribution in [0, 0.1) is 0 Å². The maximum Gasteiger partial charge on any atom is 0.426 e. The van der Waals surface area contributed by atoms with Crippen molar-refractivity contribution in [2.24, 2.45) is 0 Å². The molecule has 1 rings (SSSR count). The number of anilines is 1. The lowest BCUT2D eigenvalue weighted by Gasteiger charge is -2.19. The summed E-state index contributed by atoms with van der Waals surface area (Å²) in [6, 6.07) is 9.46. The van der Waals surface area contributed by atoms with Gasteiger partial charge in [0.25, 0.3) is 0 Å². The molecule has 1 amide bonds. The summed E-state index contributed by atoms with van der Waals surface area (Å²) in [5.41, 5.74) is 3.44. The first-order valence-corrected chi connectivity index (χ1v) is 4.57. The van der Waals surface area contributed by atoms with E-state index in [4.69, 9.17) is 4.74 Å². The lowest BCUT2D eigenvalue weighted by Crippen LogP contribution is -2.39. The molecule has 0 fully saturated rings. The van der Waals surface area contributed by atoms with Crippen molar-refractivity contribution in [1.82, 2.24) is 5.43 Å². The van der Waals surface area contributed by atoms with Gasteiger partial charge in [-0.2, -0.15) is 0 Å². The first kappa shape index (κ1) is 11.1. The summed E-state index contributed by atoms with van der Waals surface area (Å²) in [6.07, 6.45) is 1.02.